The average Bonchev–Trinajstić information content (AvgIpc) is 2.08. The fourth-order valence-electron chi connectivity index (χ4n) is 1.09. The maximum Gasteiger partial charge on any atom is 0.0407 e. The molecule has 1 rings (SSSR count). The van der Waals surface area contributed by atoms with E-state index < -0.39 is 0 Å². The summed E-state index contributed by atoms with van der Waals surface area (Å²) in [6, 6.07) is 4.21. The number of aromatic nitrogens is 1. The smallest absolute Gasteiger partial charge is 0.0407 e. The fraction of sp³-hybridized carbons (Fsp3) is 0.545. The lowest BCUT2D eigenvalue weighted by atomic mass is 10.1. The summed E-state index contributed by atoms with van der Waals surface area (Å²) in [5.41, 5.74) is 3.63. The molecule has 0 aliphatic carbocycles. The van der Waals surface area contributed by atoms with Crippen molar-refractivity contribution in [3.8, 4) is 0 Å². The van der Waals surface area contributed by atoms with E-state index in [2.05, 4.69) is 31.0 Å². The van der Waals surface area contributed by atoms with Gasteiger partial charge in [-0.1, -0.05) is 26.8 Å². The van der Waals surface area contributed by atoms with Crippen LogP contribution in [0.5, 0.6) is 0 Å². The van der Waals surface area contributed by atoms with Gasteiger partial charge in [0.2, 0.25) is 0 Å². The van der Waals surface area contributed by atoms with E-state index >= 15 is 0 Å². The van der Waals surface area contributed by atoms with Crippen molar-refractivity contribution in [1.29, 1.82) is 0 Å². The first-order valence-corrected chi connectivity index (χ1v) is 4.67. The molecule has 0 saturated heterocycles. The largest absolute Gasteiger partial charge is 0.258 e. The van der Waals surface area contributed by atoms with Gasteiger partial charge in [-0.15, -0.1) is 0 Å². The summed E-state index contributed by atoms with van der Waals surface area (Å²) in [6.07, 6.45) is 1.08. The highest BCUT2D eigenvalue weighted by molar-refractivity contribution is 5.21. The van der Waals surface area contributed by atoms with Crippen molar-refractivity contribution in [2.75, 3.05) is 0 Å². The molecule has 68 valence electrons. The number of pyridine rings is 1. The first kappa shape index (κ1) is 11.2. The minimum atomic E-state index is 1.08. The van der Waals surface area contributed by atoms with Gasteiger partial charge in [-0.05, 0) is 31.9 Å². The van der Waals surface area contributed by atoms with Crippen LogP contribution in [-0.2, 0) is 6.42 Å². The van der Waals surface area contributed by atoms with E-state index in [1.165, 1.54) is 11.3 Å². The topological polar surface area (TPSA) is 12.9 Å². The quantitative estimate of drug-likeness (QED) is 0.622. The van der Waals surface area contributed by atoms with Gasteiger partial charge in [0.15, 0.2) is 0 Å². The lowest BCUT2D eigenvalue weighted by Gasteiger charge is -2.01. The molecule has 1 nitrogen and oxygen atoms in total. The molecule has 0 atom stereocenters. The Bertz CT molecular complexity index is 228. The SMILES string of the molecule is CC.CCc1ccc(C)nc1C. The van der Waals surface area contributed by atoms with Crippen molar-refractivity contribution in [3.05, 3.63) is 29.1 Å². The molecule has 0 fully saturated rings. The van der Waals surface area contributed by atoms with Gasteiger partial charge < -0.3 is 0 Å². The van der Waals surface area contributed by atoms with E-state index in [0.717, 1.165) is 12.1 Å². The molecular formula is C11H19N. The van der Waals surface area contributed by atoms with Crippen LogP contribution in [-0.4, -0.2) is 4.98 Å². The second-order valence-corrected chi connectivity index (χ2v) is 2.55. The molecule has 0 spiro atoms. The molecule has 1 aromatic rings. The van der Waals surface area contributed by atoms with E-state index in [0.29, 0.717) is 0 Å². The average molecular weight is 165 g/mol. The van der Waals surface area contributed by atoms with Crippen molar-refractivity contribution < 1.29 is 0 Å². The minimum absolute atomic E-state index is 1.08. The lowest BCUT2D eigenvalue weighted by Crippen LogP contribution is -1.91. The Morgan fingerprint density at radius 3 is 2.17 bits per heavy atom. The van der Waals surface area contributed by atoms with E-state index in [-0.39, 0.29) is 0 Å². The van der Waals surface area contributed by atoms with Gasteiger partial charge in [-0.25, -0.2) is 0 Å². The summed E-state index contributed by atoms with van der Waals surface area (Å²) in [5, 5.41) is 0. The second-order valence-electron chi connectivity index (χ2n) is 2.55. The zero-order valence-electron chi connectivity index (χ0n) is 8.81. The van der Waals surface area contributed by atoms with Crippen molar-refractivity contribution in [2.24, 2.45) is 0 Å². The highest BCUT2D eigenvalue weighted by Crippen LogP contribution is 2.05. The summed E-state index contributed by atoms with van der Waals surface area (Å²) in [6.45, 7) is 10.2. The van der Waals surface area contributed by atoms with Crippen molar-refractivity contribution in [2.45, 2.75) is 41.0 Å². The molecule has 0 aliphatic heterocycles. The van der Waals surface area contributed by atoms with Crippen LogP contribution >= 0.6 is 0 Å². The first-order chi connectivity index (χ1) is 5.74. The minimum Gasteiger partial charge on any atom is -0.258 e. The fourth-order valence-corrected chi connectivity index (χ4v) is 1.09. The van der Waals surface area contributed by atoms with Crippen LogP contribution in [0.3, 0.4) is 0 Å². The highest BCUT2D eigenvalue weighted by atomic mass is 14.7. The van der Waals surface area contributed by atoms with E-state index in [4.69, 9.17) is 0 Å². The van der Waals surface area contributed by atoms with Gasteiger partial charge in [0, 0.05) is 11.4 Å². The molecule has 1 heteroatoms. The summed E-state index contributed by atoms with van der Waals surface area (Å²) < 4.78 is 0. The summed E-state index contributed by atoms with van der Waals surface area (Å²) in [7, 11) is 0. The van der Waals surface area contributed by atoms with Crippen LogP contribution in [0.2, 0.25) is 0 Å². The van der Waals surface area contributed by atoms with Crippen LogP contribution < -0.4 is 0 Å². The Labute approximate surface area is 75.8 Å². The van der Waals surface area contributed by atoms with Gasteiger partial charge in [0.05, 0.1) is 0 Å². The van der Waals surface area contributed by atoms with Crippen LogP contribution in [0.15, 0.2) is 12.1 Å². The van der Waals surface area contributed by atoms with Gasteiger partial charge in [-0.2, -0.15) is 0 Å². The van der Waals surface area contributed by atoms with Crippen molar-refractivity contribution in [3.63, 3.8) is 0 Å². The molecule has 0 aliphatic rings. The summed E-state index contributed by atoms with van der Waals surface area (Å²) in [5.74, 6) is 0. The maximum atomic E-state index is 4.34. The number of nitrogens with zero attached hydrogens (tertiary/aromatic N) is 1. The summed E-state index contributed by atoms with van der Waals surface area (Å²) in [4.78, 5) is 4.34. The molecule has 0 bridgehead atoms. The Hall–Kier alpha value is -0.850. The Morgan fingerprint density at radius 2 is 1.75 bits per heavy atom. The van der Waals surface area contributed by atoms with Crippen LogP contribution in [0.25, 0.3) is 0 Å². The molecule has 1 heterocycles. The summed E-state index contributed by atoms with van der Waals surface area (Å²) >= 11 is 0. The number of aryl methyl sites for hydroxylation is 3. The van der Waals surface area contributed by atoms with E-state index in [9.17, 15) is 0 Å². The number of hydrogen-bond donors (Lipinski definition) is 0. The zero-order valence-corrected chi connectivity index (χ0v) is 8.81. The van der Waals surface area contributed by atoms with E-state index in [1.54, 1.807) is 0 Å². The second kappa shape index (κ2) is 5.76. The van der Waals surface area contributed by atoms with Crippen molar-refractivity contribution in [1.82, 2.24) is 4.98 Å². The highest BCUT2D eigenvalue weighted by Gasteiger charge is 1.94. The first-order valence-electron chi connectivity index (χ1n) is 4.67. The maximum absolute atomic E-state index is 4.34. The molecular weight excluding hydrogens is 146 g/mol. The van der Waals surface area contributed by atoms with Gasteiger partial charge in [0.25, 0.3) is 0 Å². The molecule has 12 heavy (non-hydrogen) atoms. The van der Waals surface area contributed by atoms with Gasteiger partial charge in [0.1, 0.15) is 0 Å². The Morgan fingerprint density at radius 1 is 1.17 bits per heavy atom. The standard InChI is InChI=1S/C9H13N.C2H6/c1-4-9-6-5-7(2)10-8(9)3;1-2/h5-6H,4H2,1-3H3;1-2H3. The van der Waals surface area contributed by atoms with E-state index in [1.807, 2.05) is 20.8 Å². The van der Waals surface area contributed by atoms with Gasteiger partial charge >= 0.3 is 0 Å². The lowest BCUT2D eigenvalue weighted by molar-refractivity contribution is 1.02. The Balaban J connectivity index is 0.000000561. The molecule has 0 N–H and O–H groups in total. The van der Waals surface area contributed by atoms with Gasteiger partial charge in [-0.3, -0.25) is 4.98 Å². The molecule has 0 aromatic carbocycles. The Kier molecular flexibility index (Phi) is 5.35. The molecule has 0 saturated carbocycles. The third-order valence-electron chi connectivity index (χ3n) is 1.72. The van der Waals surface area contributed by atoms with Crippen LogP contribution in [0, 0.1) is 13.8 Å². The zero-order chi connectivity index (χ0) is 9.56. The third kappa shape index (κ3) is 3.04. The normalized spacial score (nSPS) is 8.75. The monoisotopic (exact) mass is 165 g/mol. The molecule has 1 aromatic heterocycles. The molecule has 0 unspecified atom stereocenters. The van der Waals surface area contributed by atoms with Crippen molar-refractivity contribution >= 4 is 0 Å². The van der Waals surface area contributed by atoms with Crippen LogP contribution in [0.1, 0.15) is 37.7 Å². The number of hydrogen-bond acceptors (Lipinski definition) is 1. The predicted molar refractivity (Wildman–Crippen MR) is 54.4 cm³/mol. The predicted octanol–water partition coefficient (Wildman–Crippen LogP) is 3.29. The number of rotatable bonds is 1. The molecule has 0 radical (unpaired) electrons. The third-order valence-corrected chi connectivity index (χ3v) is 1.72. The van der Waals surface area contributed by atoms with Crippen LogP contribution in [0.4, 0.5) is 0 Å². The molecule has 0 amide bonds.